The molecular formula is C15H21NO. The number of carbonyl (C=O) groups is 1. The third-order valence-electron chi connectivity index (χ3n) is 3.77. The van der Waals surface area contributed by atoms with Crippen molar-refractivity contribution in [1.82, 2.24) is 0 Å². The van der Waals surface area contributed by atoms with Crippen molar-refractivity contribution < 1.29 is 4.79 Å². The molecule has 2 nitrogen and oxygen atoms in total. The molecule has 2 unspecified atom stereocenters. The van der Waals surface area contributed by atoms with E-state index >= 15 is 0 Å². The Labute approximate surface area is 103 Å². The molecule has 0 amide bonds. The van der Waals surface area contributed by atoms with Crippen LogP contribution in [0.25, 0.3) is 0 Å². The van der Waals surface area contributed by atoms with Gasteiger partial charge in [0.05, 0.1) is 0 Å². The number of carbonyl (C=O) groups excluding carboxylic acids is 1. The molecule has 0 aromatic heterocycles. The highest BCUT2D eigenvalue weighted by molar-refractivity contribution is 5.98. The Balaban J connectivity index is 2.14. The summed E-state index contributed by atoms with van der Waals surface area (Å²) in [6.07, 6.45) is 3.02. The van der Waals surface area contributed by atoms with Crippen LogP contribution in [0.3, 0.4) is 0 Å². The van der Waals surface area contributed by atoms with E-state index in [9.17, 15) is 4.79 Å². The molecule has 0 saturated heterocycles. The molecule has 2 atom stereocenters. The van der Waals surface area contributed by atoms with Gasteiger partial charge in [0, 0.05) is 17.5 Å². The van der Waals surface area contributed by atoms with Gasteiger partial charge < -0.3 is 5.73 Å². The Bertz CT molecular complexity index is 394. The van der Waals surface area contributed by atoms with Gasteiger partial charge in [-0.1, -0.05) is 44.5 Å². The molecule has 92 valence electrons. The van der Waals surface area contributed by atoms with Crippen molar-refractivity contribution >= 4 is 5.78 Å². The lowest BCUT2D eigenvalue weighted by Gasteiger charge is -2.14. The van der Waals surface area contributed by atoms with Gasteiger partial charge in [0.2, 0.25) is 0 Å². The molecular weight excluding hydrogens is 210 g/mol. The van der Waals surface area contributed by atoms with E-state index < -0.39 is 0 Å². The average molecular weight is 231 g/mol. The van der Waals surface area contributed by atoms with Gasteiger partial charge in [0.1, 0.15) is 0 Å². The normalized spacial score (nSPS) is 24.2. The fraction of sp³-hybridized carbons (Fsp3) is 0.533. The van der Waals surface area contributed by atoms with E-state index in [1.54, 1.807) is 0 Å². The zero-order valence-electron chi connectivity index (χ0n) is 10.6. The Hall–Kier alpha value is -1.15. The van der Waals surface area contributed by atoms with E-state index in [-0.39, 0.29) is 17.7 Å². The summed E-state index contributed by atoms with van der Waals surface area (Å²) < 4.78 is 0. The minimum atomic E-state index is 0.0416. The summed E-state index contributed by atoms with van der Waals surface area (Å²) >= 11 is 0. The zero-order valence-corrected chi connectivity index (χ0v) is 10.6. The fourth-order valence-electron chi connectivity index (χ4n) is 2.56. The van der Waals surface area contributed by atoms with Gasteiger partial charge in [0.15, 0.2) is 5.78 Å². The lowest BCUT2D eigenvalue weighted by atomic mass is 9.92. The van der Waals surface area contributed by atoms with Crippen LogP contribution < -0.4 is 5.73 Å². The van der Waals surface area contributed by atoms with Crippen LogP contribution in [0, 0.1) is 5.92 Å². The molecule has 2 rings (SSSR count). The van der Waals surface area contributed by atoms with Gasteiger partial charge in [-0.3, -0.25) is 4.79 Å². The topological polar surface area (TPSA) is 43.1 Å². The second-order valence-corrected chi connectivity index (χ2v) is 5.34. The first kappa shape index (κ1) is 12.3. The number of hydrogen-bond acceptors (Lipinski definition) is 2. The molecule has 1 aliphatic rings. The van der Waals surface area contributed by atoms with Crippen LogP contribution in [0.2, 0.25) is 0 Å². The van der Waals surface area contributed by atoms with Crippen molar-refractivity contribution in [3.05, 3.63) is 35.4 Å². The number of Topliss-reactive ketones (excluding diaryl/α,β-unsaturated/α-hetero) is 1. The predicted molar refractivity (Wildman–Crippen MR) is 70.2 cm³/mol. The van der Waals surface area contributed by atoms with Crippen molar-refractivity contribution in [3.63, 3.8) is 0 Å². The quantitative estimate of drug-likeness (QED) is 0.812. The van der Waals surface area contributed by atoms with Crippen molar-refractivity contribution in [2.45, 2.75) is 45.1 Å². The van der Waals surface area contributed by atoms with Crippen LogP contribution in [-0.2, 0) is 0 Å². The van der Waals surface area contributed by atoms with Gasteiger partial charge in [-0.15, -0.1) is 0 Å². The summed E-state index contributed by atoms with van der Waals surface area (Å²) in [5, 5.41) is 0. The lowest BCUT2D eigenvalue weighted by molar-refractivity contribution is 0.0913. The Kier molecular flexibility index (Phi) is 3.63. The first-order chi connectivity index (χ1) is 8.09. The van der Waals surface area contributed by atoms with E-state index in [1.165, 1.54) is 5.56 Å². The van der Waals surface area contributed by atoms with Gasteiger partial charge in [-0.05, 0) is 24.3 Å². The molecule has 1 aromatic rings. The molecule has 0 bridgehead atoms. The van der Waals surface area contributed by atoms with Crippen LogP contribution in [0.5, 0.6) is 0 Å². The number of ketones is 1. The van der Waals surface area contributed by atoms with Gasteiger partial charge in [0.25, 0.3) is 0 Å². The standard InChI is InChI=1S/C15H21NO/c1-10(2)11-6-8-12(9-7-11)15(17)13-4-3-5-14(13)16/h6-10,13-14H,3-5,16H2,1-2H3. The van der Waals surface area contributed by atoms with Crippen molar-refractivity contribution in [2.75, 3.05) is 0 Å². The lowest BCUT2D eigenvalue weighted by Crippen LogP contribution is -2.30. The highest BCUT2D eigenvalue weighted by atomic mass is 16.1. The smallest absolute Gasteiger partial charge is 0.167 e. The largest absolute Gasteiger partial charge is 0.327 e. The summed E-state index contributed by atoms with van der Waals surface area (Å²) in [6.45, 7) is 4.31. The maximum absolute atomic E-state index is 12.3. The van der Waals surface area contributed by atoms with Crippen LogP contribution in [0.15, 0.2) is 24.3 Å². The minimum absolute atomic E-state index is 0.0416. The summed E-state index contributed by atoms with van der Waals surface area (Å²) in [7, 11) is 0. The highest BCUT2D eigenvalue weighted by Crippen LogP contribution is 2.27. The van der Waals surface area contributed by atoms with Crippen molar-refractivity contribution in [3.8, 4) is 0 Å². The monoisotopic (exact) mass is 231 g/mol. The van der Waals surface area contributed by atoms with Crippen LogP contribution in [0.4, 0.5) is 0 Å². The Morgan fingerprint density at radius 3 is 2.35 bits per heavy atom. The first-order valence-electron chi connectivity index (χ1n) is 6.49. The van der Waals surface area contributed by atoms with Gasteiger partial charge in [-0.2, -0.15) is 0 Å². The molecule has 0 radical (unpaired) electrons. The fourth-order valence-corrected chi connectivity index (χ4v) is 2.56. The van der Waals surface area contributed by atoms with E-state index in [2.05, 4.69) is 26.0 Å². The maximum atomic E-state index is 12.3. The number of nitrogens with two attached hydrogens (primary N) is 1. The number of benzene rings is 1. The molecule has 2 N–H and O–H groups in total. The summed E-state index contributed by atoms with van der Waals surface area (Å²) in [5.74, 6) is 0.776. The average Bonchev–Trinajstić information content (AvgIpc) is 2.74. The highest BCUT2D eigenvalue weighted by Gasteiger charge is 2.30. The molecule has 1 aliphatic carbocycles. The van der Waals surface area contributed by atoms with E-state index in [0.717, 1.165) is 24.8 Å². The van der Waals surface area contributed by atoms with E-state index in [4.69, 9.17) is 5.73 Å². The molecule has 17 heavy (non-hydrogen) atoms. The van der Waals surface area contributed by atoms with E-state index in [1.807, 2.05) is 12.1 Å². The molecule has 2 heteroatoms. The van der Waals surface area contributed by atoms with Crippen molar-refractivity contribution in [2.24, 2.45) is 11.7 Å². The number of rotatable bonds is 3. The van der Waals surface area contributed by atoms with Crippen molar-refractivity contribution in [1.29, 1.82) is 0 Å². The second-order valence-electron chi connectivity index (χ2n) is 5.34. The van der Waals surface area contributed by atoms with Crippen LogP contribution >= 0.6 is 0 Å². The summed E-state index contributed by atoms with van der Waals surface area (Å²) in [6, 6.07) is 8.06. The molecule has 1 aromatic carbocycles. The Morgan fingerprint density at radius 1 is 1.24 bits per heavy atom. The number of hydrogen-bond donors (Lipinski definition) is 1. The zero-order chi connectivity index (χ0) is 12.4. The molecule has 1 fully saturated rings. The molecule has 0 spiro atoms. The molecule has 0 heterocycles. The Morgan fingerprint density at radius 2 is 1.88 bits per heavy atom. The summed E-state index contributed by atoms with van der Waals surface area (Å²) in [5.41, 5.74) is 8.07. The van der Waals surface area contributed by atoms with Gasteiger partial charge in [-0.25, -0.2) is 0 Å². The third-order valence-corrected chi connectivity index (χ3v) is 3.77. The summed E-state index contributed by atoms with van der Waals surface area (Å²) in [4.78, 5) is 12.3. The first-order valence-corrected chi connectivity index (χ1v) is 6.49. The van der Waals surface area contributed by atoms with Crippen LogP contribution in [0.1, 0.15) is 54.9 Å². The second kappa shape index (κ2) is 5.01. The predicted octanol–water partition coefficient (Wildman–Crippen LogP) is 3.12. The third kappa shape index (κ3) is 2.58. The SMILES string of the molecule is CC(C)c1ccc(C(=O)C2CCCC2N)cc1. The molecule has 1 saturated carbocycles. The van der Waals surface area contributed by atoms with Gasteiger partial charge >= 0.3 is 0 Å². The minimum Gasteiger partial charge on any atom is -0.327 e. The molecule has 0 aliphatic heterocycles. The maximum Gasteiger partial charge on any atom is 0.167 e. The van der Waals surface area contributed by atoms with Crippen LogP contribution in [-0.4, -0.2) is 11.8 Å². The van der Waals surface area contributed by atoms with E-state index in [0.29, 0.717) is 5.92 Å².